The average Bonchev–Trinajstić information content (AvgIpc) is 2.51. The Morgan fingerprint density at radius 1 is 0.857 bits per heavy atom. The Morgan fingerprint density at radius 3 is 1.64 bits per heavy atom. The van der Waals surface area contributed by atoms with Gasteiger partial charge in [-0.3, -0.25) is 4.79 Å². The highest BCUT2D eigenvalue weighted by atomic mass is 19.4. The lowest BCUT2D eigenvalue weighted by atomic mass is 9.92. The van der Waals surface area contributed by atoms with Crippen molar-refractivity contribution in [3.63, 3.8) is 0 Å². The van der Waals surface area contributed by atoms with Crippen LogP contribution in [0.15, 0.2) is 23.0 Å². The number of nitrogens with two attached hydrogens (primary N) is 1. The van der Waals surface area contributed by atoms with E-state index in [1.807, 2.05) is 0 Å². The average molecular weight is 410 g/mol. The van der Waals surface area contributed by atoms with Gasteiger partial charge in [0.2, 0.25) is 0 Å². The first-order valence-electron chi connectivity index (χ1n) is 6.96. The first-order valence-corrected chi connectivity index (χ1v) is 6.96. The van der Waals surface area contributed by atoms with E-state index in [9.17, 15) is 45.8 Å². The van der Waals surface area contributed by atoms with Crippen molar-refractivity contribution in [1.82, 2.24) is 4.98 Å². The van der Waals surface area contributed by atoms with Crippen LogP contribution in [0.5, 0.6) is 0 Å². The molecule has 1 aromatic heterocycles. The molecule has 2 aromatic rings. The van der Waals surface area contributed by atoms with E-state index in [2.05, 4.69) is 0 Å². The van der Waals surface area contributed by atoms with Crippen LogP contribution in [0.25, 0.3) is 11.1 Å². The normalized spacial score (nSPS) is 12.1. The topological polar surface area (TPSA) is 133 Å². The summed E-state index contributed by atoms with van der Waals surface area (Å²) in [5, 5.41) is 18.4. The van der Waals surface area contributed by atoms with Gasteiger partial charge >= 0.3 is 24.3 Å². The van der Waals surface area contributed by atoms with Crippen LogP contribution in [-0.4, -0.2) is 27.1 Å². The molecule has 1 heterocycles. The van der Waals surface area contributed by atoms with E-state index in [-0.39, 0.29) is 18.2 Å². The molecule has 5 N–H and O–H groups in total. The second kappa shape index (κ2) is 6.58. The molecule has 0 amide bonds. The summed E-state index contributed by atoms with van der Waals surface area (Å²) < 4.78 is 78.2. The number of halogens is 6. The summed E-state index contributed by atoms with van der Waals surface area (Å²) in [6.45, 7) is 0. The summed E-state index contributed by atoms with van der Waals surface area (Å²) in [6.07, 6.45) is -10.6. The molecule has 1 aromatic carbocycles. The maximum atomic E-state index is 13.0. The highest BCUT2D eigenvalue weighted by Crippen LogP contribution is 2.40. The van der Waals surface area contributed by atoms with E-state index in [0.717, 1.165) is 0 Å². The minimum absolute atomic E-state index is 0.0995. The lowest BCUT2D eigenvalue weighted by Gasteiger charge is -2.17. The molecule has 150 valence electrons. The van der Waals surface area contributed by atoms with Crippen LogP contribution in [0.3, 0.4) is 0 Å². The van der Waals surface area contributed by atoms with Gasteiger partial charge in [-0.25, -0.2) is 9.59 Å². The third kappa shape index (κ3) is 3.77. The van der Waals surface area contributed by atoms with Crippen LogP contribution >= 0.6 is 0 Å². The quantitative estimate of drug-likeness (QED) is 0.575. The van der Waals surface area contributed by atoms with Gasteiger partial charge < -0.3 is 20.9 Å². The molecule has 0 aliphatic rings. The number of hydrogen-bond acceptors (Lipinski definition) is 4. The van der Waals surface area contributed by atoms with Crippen LogP contribution in [-0.2, 0) is 12.4 Å². The molecule has 13 heteroatoms. The van der Waals surface area contributed by atoms with Crippen molar-refractivity contribution in [3.05, 3.63) is 50.8 Å². The molecule has 0 radical (unpaired) electrons. The molecule has 0 unspecified atom stereocenters. The monoisotopic (exact) mass is 410 g/mol. The molecule has 0 saturated heterocycles. The molecular formula is C15H8F6N2O5. The molecular weight excluding hydrogens is 402 g/mol. The van der Waals surface area contributed by atoms with E-state index >= 15 is 0 Å². The van der Waals surface area contributed by atoms with E-state index in [1.54, 1.807) is 4.98 Å². The number of hydrogen-bond donors (Lipinski definition) is 4. The number of carboxylic acid groups (broad SMARTS) is 2. The Morgan fingerprint density at radius 2 is 1.29 bits per heavy atom. The van der Waals surface area contributed by atoms with Gasteiger partial charge in [0.25, 0.3) is 5.56 Å². The lowest BCUT2D eigenvalue weighted by molar-refractivity contribution is -0.143. The van der Waals surface area contributed by atoms with E-state index < -0.39 is 69.0 Å². The molecule has 0 fully saturated rings. The number of aromatic nitrogens is 1. The zero-order valence-electron chi connectivity index (χ0n) is 13.2. The molecule has 28 heavy (non-hydrogen) atoms. The van der Waals surface area contributed by atoms with E-state index in [0.29, 0.717) is 0 Å². The first kappa shape index (κ1) is 20.8. The van der Waals surface area contributed by atoms with Crippen LogP contribution < -0.4 is 11.3 Å². The number of H-pyrrole nitrogens is 1. The van der Waals surface area contributed by atoms with Gasteiger partial charge in [-0.1, -0.05) is 0 Å². The van der Waals surface area contributed by atoms with Crippen molar-refractivity contribution in [2.45, 2.75) is 12.4 Å². The zero-order valence-corrected chi connectivity index (χ0v) is 13.2. The molecule has 2 rings (SSSR count). The molecule has 0 saturated carbocycles. The summed E-state index contributed by atoms with van der Waals surface area (Å²) in [5.74, 6) is -4.99. The largest absolute Gasteiger partial charge is 0.478 e. The number of nitrogens with one attached hydrogen (secondary N) is 1. The SMILES string of the molecule is Nc1[nH]c(=O)c(C(=O)O)c(-c2cc(C(F)(F)F)cc(C(F)(F)F)c2)c1C(=O)O. The summed E-state index contributed by atoms with van der Waals surface area (Å²) in [7, 11) is 0. The van der Waals surface area contributed by atoms with Crippen molar-refractivity contribution in [1.29, 1.82) is 0 Å². The Kier molecular flexibility index (Phi) is 4.89. The number of benzene rings is 1. The third-order valence-electron chi connectivity index (χ3n) is 3.55. The van der Waals surface area contributed by atoms with Gasteiger partial charge in [0.05, 0.1) is 11.1 Å². The fourth-order valence-electron chi connectivity index (χ4n) is 2.43. The van der Waals surface area contributed by atoms with Gasteiger partial charge in [-0.05, 0) is 23.8 Å². The van der Waals surface area contributed by atoms with Crippen LogP contribution in [0, 0.1) is 0 Å². The summed E-state index contributed by atoms with van der Waals surface area (Å²) in [6, 6.07) is -0.0361. The Labute approximate surface area is 150 Å². The number of carboxylic acids is 2. The van der Waals surface area contributed by atoms with Crippen LogP contribution in [0.1, 0.15) is 31.8 Å². The van der Waals surface area contributed by atoms with E-state index in [4.69, 9.17) is 10.8 Å². The van der Waals surface area contributed by atoms with Gasteiger partial charge in [-0.2, -0.15) is 26.3 Å². The Hall–Kier alpha value is -3.51. The van der Waals surface area contributed by atoms with E-state index in [1.165, 1.54) is 0 Å². The van der Waals surface area contributed by atoms with Crippen molar-refractivity contribution < 1.29 is 46.1 Å². The second-order valence-corrected chi connectivity index (χ2v) is 5.40. The number of carbonyl (C=O) groups is 2. The fourth-order valence-corrected chi connectivity index (χ4v) is 2.43. The molecule has 0 aliphatic carbocycles. The van der Waals surface area contributed by atoms with Gasteiger partial charge in [0.15, 0.2) is 0 Å². The molecule has 7 nitrogen and oxygen atoms in total. The summed E-state index contributed by atoms with van der Waals surface area (Å²) in [4.78, 5) is 36.3. The number of rotatable bonds is 3. The van der Waals surface area contributed by atoms with Crippen molar-refractivity contribution in [2.75, 3.05) is 5.73 Å². The van der Waals surface area contributed by atoms with Crippen molar-refractivity contribution in [3.8, 4) is 11.1 Å². The number of aromatic amines is 1. The standard InChI is InChI=1S/C15H8F6N2O5/c16-14(17,18)5-1-4(2-6(3-5)15(19,20)21)7-8(12(25)26)10(22)23-11(24)9(7)13(27)28/h1-3H,(H,25,26)(H,27,28)(H3,22,23,24). The predicted octanol–water partition coefficient (Wildman–Crippen LogP) is 3.06. The minimum atomic E-state index is -5.28. The second-order valence-electron chi connectivity index (χ2n) is 5.40. The third-order valence-corrected chi connectivity index (χ3v) is 3.55. The molecule has 0 bridgehead atoms. The number of alkyl halides is 6. The number of anilines is 1. The summed E-state index contributed by atoms with van der Waals surface area (Å²) >= 11 is 0. The Bertz CT molecular complexity index is 1010. The Balaban J connectivity index is 3.09. The predicted molar refractivity (Wildman–Crippen MR) is 80.8 cm³/mol. The maximum absolute atomic E-state index is 13.0. The highest BCUT2D eigenvalue weighted by molar-refractivity contribution is 6.07. The lowest BCUT2D eigenvalue weighted by Crippen LogP contribution is -2.24. The van der Waals surface area contributed by atoms with Gasteiger partial charge in [0.1, 0.15) is 16.9 Å². The number of pyridine rings is 1. The van der Waals surface area contributed by atoms with Crippen LogP contribution in [0.4, 0.5) is 32.2 Å². The minimum Gasteiger partial charge on any atom is -0.478 e. The smallest absolute Gasteiger partial charge is 0.416 e. The number of aromatic carboxylic acids is 2. The highest BCUT2D eigenvalue weighted by Gasteiger charge is 2.38. The van der Waals surface area contributed by atoms with Gasteiger partial charge in [-0.15, -0.1) is 0 Å². The number of nitrogen functional groups attached to an aromatic ring is 1. The zero-order chi connectivity index (χ0) is 21.6. The van der Waals surface area contributed by atoms with Gasteiger partial charge in [0, 0.05) is 5.56 Å². The van der Waals surface area contributed by atoms with Crippen molar-refractivity contribution in [2.24, 2.45) is 0 Å². The molecule has 0 spiro atoms. The maximum Gasteiger partial charge on any atom is 0.416 e. The summed E-state index contributed by atoms with van der Waals surface area (Å²) in [5.41, 5.74) is -4.68. The van der Waals surface area contributed by atoms with Crippen LogP contribution in [0.2, 0.25) is 0 Å². The van der Waals surface area contributed by atoms with Crippen molar-refractivity contribution >= 4 is 17.8 Å². The fraction of sp³-hybridized carbons (Fsp3) is 0.133. The molecule has 0 aliphatic heterocycles. The first-order chi connectivity index (χ1) is 12.6. The molecule has 0 atom stereocenters.